The average molecular weight is 320 g/mol. The van der Waals surface area contributed by atoms with Crippen molar-refractivity contribution in [3.8, 4) is 11.4 Å². The summed E-state index contributed by atoms with van der Waals surface area (Å²) in [7, 11) is 1.93. The van der Waals surface area contributed by atoms with Gasteiger partial charge in [-0.15, -0.1) is 0 Å². The number of aryl methyl sites for hydroxylation is 1. The lowest BCUT2D eigenvalue weighted by Gasteiger charge is -2.04. The van der Waals surface area contributed by atoms with Crippen LogP contribution in [0.5, 0.6) is 0 Å². The molecule has 0 aliphatic carbocycles. The average Bonchev–Trinajstić information content (AvgIpc) is 2.70. The molecular weight excluding hydrogens is 309 g/mol. The zero-order valence-corrected chi connectivity index (χ0v) is 11.8. The Morgan fingerprint density at radius 1 is 1.21 bits per heavy atom. The highest BCUT2D eigenvalue weighted by Gasteiger charge is 2.11. The highest BCUT2D eigenvalue weighted by Crippen LogP contribution is 2.27. The van der Waals surface area contributed by atoms with Crippen molar-refractivity contribution in [1.82, 2.24) is 9.55 Å². The highest BCUT2D eigenvalue weighted by atomic mass is 79.9. The van der Waals surface area contributed by atoms with E-state index in [1.807, 2.05) is 29.8 Å². The molecule has 0 saturated heterocycles. The summed E-state index contributed by atoms with van der Waals surface area (Å²) in [6.07, 6.45) is 0. The molecule has 0 amide bonds. The minimum absolute atomic E-state index is 0.130. The lowest BCUT2D eigenvalue weighted by atomic mass is 10.2. The summed E-state index contributed by atoms with van der Waals surface area (Å²) in [4.78, 5) is 4.57. The lowest BCUT2D eigenvalue weighted by molar-refractivity contribution is 0.632. The summed E-state index contributed by atoms with van der Waals surface area (Å²) in [5.74, 6) is 0.352. The van der Waals surface area contributed by atoms with Gasteiger partial charge in [0, 0.05) is 17.1 Å². The Balaban J connectivity index is 2.24. The van der Waals surface area contributed by atoms with Crippen LogP contribution in [0.4, 0.5) is 10.1 Å². The molecule has 0 saturated carbocycles. The van der Waals surface area contributed by atoms with Crippen LogP contribution in [0, 0.1) is 5.82 Å². The molecule has 3 aromatic rings. The fraction of sp³-hybridized carbons (Fsp3) is 0.0714. The first kappa shape index (κ1) is 12.2. The number of aromatic nitrogens is 2. The number of nitrogens with zero attached hydrogens (tertiary/aromatic N) is 2. The second-order valence-corrected chi connectivity index (χ2v) is 5.28. The van der Waals surface area contributed by atoms with Crippen LogP contribution in [0.2, 0.25) is 0 Å². The fourth-order valence-corrected chi connectivity index (χ4v) is 2.46. The van der Waals surface area contributed by atoms with E-state index in [-0.39, 0.29) is 5.69 Å². The third-order valence-corrected chi connectivity index (χ3v) is 3.59. The van der Waals surface area contributed by atoms with Crippen molar-refractivity contribution in [3.05, 3.63) is 46.7 Å². The zero-order valence-electron chi connectivity index (χ0n) is 10.2. The van der Waals surface area contributed by atoms with E-state index in [1.165, 1.54) is 6.07 Å². The maximum Gasteiger partial charge on any atom is 0.146 e. The second-order valence-electron chi connectivity index (χ2n) is 4.36. The number of anilines is 1. The predicted molar refractivity (Wildman–Crippen MR) is 78.2 cm³/mol. The molecule has 2 aromatic carbocycles. The second kappa shape index (κ2) is 4.35. The van der Waals surface area contributed by atoms with Gasteiger partial charge in [0.1, 0.15) is 11.6 Å². The van der Waals surface area contributed by atoms with Crippen molar-refractivity contribution in [2.24, 2.45) is 7.05 Å². The van der Waals surface area contributed by atoms with Crippen LogP contribution >= 0.6 is 15.9 Å². The molecule has 3 nitrogen and oxygen atoms in total. The van der Waals surface area contributed by atoms with Gasteiger partial charge in [0.25, 0.3) is 0 Å². The van der Waals surface area contributed by atoms with Crippen molar-refractivity contribution in [3.63, 3.8) is 0 Å². The van der Waals surface area contributed by atoms with Crippen LogP contribution in [0.15, 0.2) is 40.9 Å². The molecule has 0 aliphatic rings. The molecule has 96 valence electrons. The van der Waals surface area contributed by atoms with Crippen LogP contribution in [0.25, 0.3) is 22.4 Å². The number of nitrogens with two attached hydrogens (primary N) is 1. The molecule has 0 atom stereocenters. The largest absolute Gasteiger partial charge is 0.396 e. The predicted octanol–water partition coefficient (Wildman–Crippen LogP) is 3.72. The first-order valence-corrected chi connectivity index (χ1v) is 6.53. The van der Waals surface area contributed by atoms with E-state index in [2.05, 4.69) is 20.9 Å². The number of rotatable bonds is 1. The van der Waals surface area contributed by atoms with Gasteiger partial charge in [-0.3, -0.25) is 0 Å². The number of imidazole rings is 1. The van der Waals surface area contributed by atoms with Crippen LogP contribution in [-0.4, -0.2) is 9.55 Å². The summed E-state index contributed by atoms with van der Waals surface area (Å²) >= 11 is 3.42. The minimum atomic E-state index is -0.412. The molecule has 0 radical (unpaired) electrons. The van der Waals surface area contributed by atoms with E-state index >= 15 is 0 Å². The Bertz CT molecular complexity index is 780. The Hall–Kier alpha value is -1.88. The molecule has 1 heterocycles. The first-order valence-electron chi connectivity index (χ1n) is 5.73. The summed E-state index contributed by atoms with van der Waals surface area (Å²) in [6.45, 7) is 0. The van der Waals surface area contributed by atoms with E-state index in [0.717, 1.165) is 26.9 Å². The molecule has 0 aliphatic heterocycles. The Kier molecular flexibility index (Phi) is 2.78. The minimum Gasteiger partial charge on any atom is -0.396 e. The molecule has 1 aromatic heterocycles. The zero-order chi connectivity index (χ0) is 13.6. The highest BCUT2D eigenvalue weighted by molar-refractivity contribution is 9.10. The SMILES string of the molecule is Cn1c(-c2ccc(F)c(N)c2)nc2cc(Br)ccc21. The number of fused-ring (bicyclic) bond motifs is 1. The molecule has 0 unspecified atom stereocenters. The Morgan fingerprint density at radius 2 is 2.00 bits per heavy atom. The molecule has 2 N–H and O–H groups in total. The Morgan fingerprint density at radius 3 is 2.74 bits per heavy atom. The molecule has 0 fully saturated rings. The van der Waals surface area contributed by atoms with Gasteiger partial charge in [0.05, 0.1) is 16.7 Å². The van der Waals surface area contributed by atoms with Crippen molar-refractivity contribution < 1.29 is 4.39 Å². The maximum atomic E-state index is 13.2. The van der Waals surface area contributed by atoms with E-state index in [1.54, 1.807) is 12.1 Å². The summed E-state index contributed by atoms with van der Waals surface area (Å²) < 4.78 is 16.2. The fourth-order valence-electron chi connectivity index (χ4n) is 2.11. The maximum absolute atomic E-state index is 13.2. The van der Waals surface area contributed by atoms with Crippen molar-refractivity contribution >= 4 is 32.7 Å². The van der Waals surface area contributed by atoms with Crippen LogP contribution < -0.4 is 5.73 Å². The Labute approximate surface area is 118 Å². The molecule has 0 bridgehead atoms. The smallest absolute Gasteiger partial charge is 0.146 e. The van der Waals surface area contributed by atoms with Gasteiger partial charge < -0.3 is 10.3 Å². The number of benzene rings is 2. The topological polar surface area (TPSA) is 43.8 Å². The van der Waals surface area contributed by atoms with Gasteiger partial charge in [-0.05, 0) is 36.4 Å². The van der Waals surface area contributed by atoms with Crippen LogP contribution in [0.1, 0.15) is 0 Å². The van der Waals surface area contributed by atoms with Gasteiger partial charge in [-0.25, -0.2) is 9.37 Å². The lowest BCUT2D eigenvalue weighted by Crippen LogP contribution is -1.95. The standard InChI is InChI=1S/C14H11BrFN3/c1-19-13-5-3-9(15)7-12(13)18-14(19)8-2-4-10(16)11(17)6-8/h2-7H,17H2,1H3. The van der Waals surface area contributed by atoms with Crippen molar-refractivity contribution in [1.29, 1.82) is 0 Å². The van der Waals surface area contributed by atoms with Gasteiger partial charge in [0.2, 0.25) is 0 Å². The third-order valence-electron chi connectivity index (χ3n) is 3.10. The summed E-state index contributed by atoms with van der Waals surface area (Å²) in [6, 6.07) is 10.6. The van der Waals surface area contributed by atoms with E-state index < -0.39 is 5.82 Å². The third kappa shape index (κ3) is 2.00. The molecule has 5 heteroatoms. The first-order chi connectivity index (χ1) is 9.06. The summed E-state index contributed by atoms with van der Waals surface area (Å²) in [5, 5.41) is 0. The molecule has 3 rings (SSSR count). The van der Waals surface area contributed by atoms with Crippen molar-refractivity contribution in [2.45, 2.75) is 0 Å². The van der Waals surface area contributed by atoms with Crippen LogP contribution in [-0.2, 0) is 7.05 Å². The number of halogens is 2. The van der Waals surface area contributed by atoms with Gasteiger partial charge >= 0.3 is 0 Å². The molecule has 0 spiro atoms. The molecular formula is C14H11BrFN3. The normalized spacial score (nSPS) is 11.1. The van der Waals surface area contributed by atoms with Gasteiger partial charge in [0.15, 0.2) is 0 Å². The van der Waals surface area contributed by atoms with E-state index in [9.17, 15) is 4.39 Å². The monoisotopic (exact) mass is 319 g/mol. The summed E-state index contributed by atoms with van der Waals surface area (Å²) in [5.41, 5.74) is 8.44. The van der Waals surface area contributed by atoms with Gasteiger partial charge in [-0.2, -0.15) is 0 Å². The van der Waals surface area contributed by atoms with E-state index in [4.69, 9.17) is 5.73 Å². The number of nitrogen functional groups attached to an aromatic ring is 1. The van der Waals surface area contributed by atoms with E-state index in [0.29, 0.717) is 0 Å². The van der Waals surface area contributed by atoms with Crippen LogP contribution in [0.3, 0.4) is 0 Å². The van der Waals surface area contributed by atoms with Gasteiger partial charge in [-0.1, -0.05) is 15.9 Å². The number of hydrogen-bond acceptors (Lipinski definition) is 2. The number of hydrogen-bond donors (Lipinski definition) is 1. The van der Waals surface area contributed by atoms with Crippen molar-refractivity contribution in [2.75, 3.05) is 5.73 Å². The quantitative estimate of drug-likeness (QED) is 0.695. The molecule has 19 heavy (non-hydrogen) atoms.